The van der Waals surface area contributed by atoms with Gasteiger partial charge in [0, 0.05) is 25.5 Å². The van der Waals surface area contributed by atoms with Crippen LogP contribution in [0.1, 0.15) is 11.1 Å². The molecule has 2 heterocycles. The number of hydrogen-bond donors (Lipinski definition) is 3. The molecule has 0 unspecified atom stereocenters. The van der Waals surface area contributed by atoms with E-state index in [0.29, 0.717) is 30.4 Å². The maximum Gasteiger partial charge on any atom is 0.155 e. The first-order valence-corrected chi connectivity index (χ1v) is 7.44. The van der Waals surface area contributed by atoms with Gasteiger partial charge in [0.2, 0.25) is 0 Å². The van der Waals surface area contributed by atoms with Crippen molar-refractivity contribution in [2.75, 3.05) is 16.4 Å². The standard InChI is InChI=1S/C17H17FN6/c18-14-5-3-12(4-6-14)9-21-16-15(19)17(24-11-23-16)22-10-13-2-1-7-20-8-13/h1-8,11H,9-10,19H2,(H2,21,22,23,24). The van der Waals surface area contributed by atoms with E-state index in [-0.39, 0.29) is 5.82 Å². The number of aromatic nitrogens is 3. The van der Waals surface area contributed by atoms with Crippen LogP contribution >= 0.6 is 0 Å². The average Bonchev–Trinajstić information content (AvgIpc) is 2.62. The molecule has 24 heavy (non-hydrogen) atoms. The van der Waals surface area contributed by atoms with Crippen LogP contribution in [0.2, 0.25) is 0 Å². The molecule has 122 valence electrons. The van der Waals surface area contributed by atoms with Crippen LogP contribution in [0.15, 0.2) is 55.1 Å². The Labute approximate surface area is 139 Å². The van der Waals surface area contributed by atoms with Crippen LogP contribution in [0.5, 0.6) is 0 Å². The summed E-state index contributed by atoms with van der Waals surface area (Å²) < 4.78 is 12.9. The molecule has 0 saturated heterocycles. The highest BCUT2D eigenvalue weighted by Gasteiger charge is 2.08. The molecule has 0 atom stereocenters. The molecule has 3 aromatic rings. The fourth-order valence-corrected chi connectivity index (χ4v) is 2.15. The number of hydrogen-bond acceptors (Lipinski definition) is 6. The van der Waals surface area contributed by atoms with Gasteiger partial charge in [0.25, 0.3) is 0 Å². The first-order valence-electron chi connectivity index (χ1n) is 7.44. The first-order chi connectivity index (χ1) is 11.7. The van der Waals surface area contributed by atoms with Crippen LogP contribution < -0.4 is 16.4 Å². The number of halogens is 1. The minimum atomic E-state index is -0.262. The Morgan fingerprint density at radius 1 is 0.917 bits per heavy atom. The molecule has 0 aliphatic carbocycles. The molecule has 0 radical (unpaired) electrons. The van der Waals surface area contributed by atoms with Crippen LogP contribution in [-0.4, -0.2) is 15.0 Å². The Bertz CT molecular complexity index is 792. The molecule has 0 aliphatic rings. The third-order valence-corrected chi connectivity index (χ3v) is 3.44. The number of nitrogens with one attached hydrogen (secondary N) is 2. The van der Waals surface area contributed by atoms with E-state index in [4.69, 9.17) is 5.73 Å². The summed E-state index contributed by atoms with van der Waals surface area (Å²) in [5.41, 5.74) is 8.50. The van der Waals surface area contributed by atoms with E-state index in [1.807, 2.05) is 12.1 Å². The van der Waals surface area contributed by atoms with Crippen molar-refractivity contribution in [1.29, 1.82) is 0 Å². The summed E-state index contributed by atoms with van der Waals surface area (Å²) in [5.74, 6) is 0.820. The molecule has 0 fully saturated rings. The summed E-state index contributed by atoms with van der Waals surface area (Å²) in [4.78, 5) is 12.4. The molecule has 4 N–H and O–H groups in total. The second-order valence-electron chi connectivity index (χ2n) is 5.18. The number of pyridine rings is 1. The van der Waals surface area contributed by atoms with Gasteiger partial charge in [-0.2, -0.15) is 0 Å². The number of anilines is 3. The van der Waals surface area contributed by atoms with Gasteiger partial charge in [-0.15, -0.1) is 0 Å². The number of nitrogens with two attached hydrogens (primary N) is 1. The SMILES string of the molecule is Nc1c(NCc2ccc(F)cc2)ncnc1NCc1cccnc1. The van der Waals surface area contributed by atoms with E-state index in [0.717, 1.165) is 11.1 Å². The normalized spacial score (nSPS) is 10.4. The van der Waals surface area contributed by atoms with Gasteiger partial charge in [0.15, 0.2) is 11.6 Å². The Morgan fingerprint density at radius 2 is 1.58 bits per heavy atom. The molecule has 0 amide bonds. The zero-order valence-corrected chi connectivity index (χ0v) is 12.9. The zero-order chi connectivity index (χ0) is 16.8. The van der Waals surface area contributed by atoms with Crippen LogP contribution in [0.25, 0.3) is 0 Å². The molecular formula is C17H17FN6. The Hall–Kier alpha value is -3.22. The maximum atomic E-state index is 12.9. The third kappa shape index (κ3) is 3.95. The van der Waals surface area contributed by atoms with E-state index in [2.05, 4.69) is 25.6 Å². The van der Waals surface area contributed by atoms with Gasteiger partial charge in [-0.1, -0.05) is 18.2 Å². The van der Waals surface area contributed by atoms with Crippen molar-refractivity contribution in [2.45, 2.75) is 13.1 Å². The number of benzene rings is 1. The van der Waals surface area contributed by atoms with Crippen LogP contribution in [-0.2, 0) is 13.1 Å². The van der Waals surface area contributed by atoms with Gasteiger partial charge in [0.1, 0.15) is 17.8 Å². The summed E-state index contributed by atoms with van der Waals surface area (Å²) in [5, 5.41) is 6.31. The highest BCUT2D eigenvalue weighted by Crippen LogP contribution is 2.23. The first kappa shape index (κ1) is 15.7. The average molecular weight is 324 g/mol. The molecule has 0 saturated carbocycles. The van der Waals surface area contributed by atoms with Crippen LogP contribution in [0, 0.1) is 5.82 Å². The molecule has 0 bridgehead atoms. The summed E-state index contributed by atoms with van der Waals surface area (Å²) in [7, 11) is 0. The lowest BCUT2D eigenvalue weighted by Gasteiger charge is -2.12. The van der Waals surface area contributed by atoms with Crippen molar-refractivity contribution in [2.24, 2.45) is 0 Å². The van der Waals surface area contributed by atoms with Gasteiger partial charge in [0.05, 0.1) is 0 Å². The lowest BCUT2D eigenvalue weighted by molar-refractivity contribution is 0.627. The highest BCUT2D eigenvalue weighted by molar-refractivity contribution is 5.74. The van der Waals surface area contributed by atoms with Gasteiger partial charge in [-0.25, -0.2) is 14.4 Å². The maximum absolute atomic E-state index is 12.9. The van der Waals surface area contributed by atoms with Crippen LogP contribution in [0.4, 0.5) is 21.7 Å². The summed E-state index contributed by atoms with van der Waals surface area (Å²) in [6.45, 7) is 1.05. The summed E-state index contributed by atoms with van der Waals surface area (Å²) >= 11 is 0. The van der Waals surface area contributed by atoms with Crippen molar-refractivity contribution >= 4 is 17.3 Å². The lowest BCUT2D eigenvalue weighted by Crippen LogP contribution is -2.10. The van der Waals surface area contributed by atoms with Gasteiger partial charge in [-0.3, -0.25) is 4.98 Å². The minimum absolute atomic E-state index is 0.262. The van der Waals surface area contributed by atoms with Gasteiger partial charge < -0.3 is 16.4 Å². The second kappa shape index (κ2) is 7.36. The highest BCUT2D eigenvalue weighted by atomic mass is 19.1. The van der Waals surface area contributed by atoms with Gasteiger partial charge in [-0.05, 0) is 29.3 Å². The van der Waals surface area contributed by atoms with Crippen LogP contribution in [0.3, 0.4) is 0 Å². The van der Waals surface area contributed by atoms with Crippen molar-refractivity contribution in [3.05, 3.63) is 72.1 Å². The Balaban J connectivity index is 1.65. The molecule has 0 aliphatic heterocycles. The summed E-state index contributed by atoms with van der Waals surface area (Å²) in [6, 6.07) is 10.1. The zero-order valence-electron chi connectivity index (χ0n) is 12.9. The van der Waals surface area contributed by atoms with Crippen molar-refractivity contribution in [3.8, 4) is 0 Å². The molecular weight excluding hydrogens is 307 g/mol. The van der Waals surface area contributed by atoms with Crippen molar-refractivity contribution in [1.82, 2.24) is 15.0 Å². The monoisotopic (exact) mass is 324 g/mol. The number of rotatable bonds is 6. The number of nitrogen functional groups attached to an aromatic ring is 1. The fourth-order valence-electron chi connectivity index (χ4n) is 2.15. The molecule has 1 aromatic carbocycles. The predicted octanol–water partition coefficient (Wildman–Crippen LogP) is 2.82. The minimum Gasteiger partial charge on any atom is -0.393 e. The second-order valence-corrected chi connectivity index (χ2v) is 5.18. The predicted molar refractivity (Wildman–Crippen MR) is 91.7 cm³/mol. The van der Waals surface area contributed by atoms with Crippen molar-refractivity contribution < 1.29 is 4.39 Å². The molecule has 3 rings (SSSR count). The molecule has 2 aromatic heterocycles. The third-order valence-electron chi connectivity index (χ3n) is 3.44. The smallest absolute Gasteiger partial charge is 0.155 e. The summed E-state index contributed by atoms with van der Waals surface area (Å²) in [6.07, 6.45) is 4.94. The molecule has 0 spiro atoms. The van der Waals surface area contributed by atoms with Crippen molar-refractivity contribution in [3.63, 3.8) is 0 Å². The van der Waals surface area contributed by atoms with Gasteiger partial charge >= 0.3 is 0 Å². The van der Waals surface area contributed by atoms with E-state index >= 15 is 0 Å². The molecule has 6 nitrogen and oxygen atoms in total. The number of nitrogens with zero attached hydrogens (tertiary/aromatic N) is 3. The Morgan fingerprint density at radius 3 is 2.21 bits per heavy atom. The fraction of sp³-hybridized carbons (Fsp3) is 0.118. The topological polar surface area (TPSA) is 88.8 Å². The lowest BCUT2D eigenvalue weighted by atomic mass is 10.2. The largest absolute Gasteiger partial charge is 0.393 e. The molecule has 7 heteroatoms. The quantitative estimate of drug-likeness (QED) is 0.646. The van der Waals surface area contributed by atoms with E-state index in [1.165, 1.54) is 18.5 Å². The van der Waals surface area contributed by atoms with E-state index < -0.39 is 0 Å². The Kier molecular flexibility index (Phi) is 4.81. The van der Waals surface area contributed by atoms with E-state index in [1.54, 1.807) is 24.5 Å². The van der Waals surface area contributed by atoms with E-state index in [9.17, 15) is 4.39 Å².